The van der Waals surface area contributed by atoms with Gasteiger partial charge < -0.3 is 5.32 Å². The molecule has 4 rings (SSSR count). The number of H-pyrrole nitrogens is 1. The van der Waals surface area contributed by atoms with Gasteiger partial charge in [0.25, 0.3) is 5.91 Å². The van der Waals surface area contributed by atoms with Crippen molar-refractivity contribution in [1.82, 2.24) is 30.9 Å². The van der Waals surface area contributed by atoms with E-state index in [0.717, 1.165) is 0 Å². The average Bonchev–Trinajstić information content (AvgIpc) is 3.26. The van der Waals surface area contributed by atoms with Crippen LogP contribution < -0.4 is 5.32 Å². The van der Waals surface area contributed by atoms with Gasteiger partial charge in [-0.05, 0) is 42.0 Å². The van der Waals surface area contributed by atoms with Crippen molar-refractivity contribution in [3.8, 4) is 11.3 Å². The van der Waals surface area contributed by atoms with Crippen LogP contribution in [0.15, 0.2) is 66.9 Å². The molecule has 1 amide bonds. The Balaban J connectivity index is 1.58. The molecular weight excluding hydrogens is 395 g/mol. The normalized spacial score (nSPS) is 11.8. The van der Waals surface area contributed by atoms with Gasteiger partial charge >= 0.3 is 0 Å². The number of aromatic amines is 1. The van der Waals surface area contributed by atoms with E-state index in [0.29, 0.717) is 33.2 Å². The van der Waals surface area contributed by atoms with Gasteiger partial charge in [-0.25, -0.2) is 4.39 Å². The van der Waals surface area contributed by atoms with E-state index in [2.05, 4.69) is 30.9 Å². The summed E-state index contributed by atoms with van der Waals surface area (Å²) in [6.07, 6.45) is 1.43. The van der Waals surface area contributed by atoms with E-state index in [1.165, 1.54) is 18.3 Å². The first kappa shape index (κ1) is 18.7. The zero-order chi connectivity index (χ0) is 20.2. The molecule has 0 radical (unpaired) electrons. The number of hydrogen-bond acceptors (Lipinski definition) is 5. The highest BCUT2D eigenvalue weighted by Gasteiger charge is 2.22. The molecule has 0 bridgehead atoms. The number of aromatic nitrogens is 5. The van der Waals surface area contributed by atoms with Crippen molar-refractivity contribution < 1.29 is 9.18 Å². The smallest absolute Gasteiger partial charge is 0.253 e. The summed E-state index contributed by atoms with van der Waals surface area (Å²) in [6, 6.07) is 15.7. The summed E-state index contributed by atoms with van der Waals surface area (Å²) >= 11 is 6.08. The standard InChI is InChI=1S/C20H14ClFN6O/c21-15-5-1-4-13(9-15)18(19-25-27-28-26-19)24-20(29)14-7-8-17(23-11-14)12-3-2-6-16(22)10-12/h1-11,18H,(H,24,29)(H,25,26,27,28). The molecule has 0 aliphatic rings. The number of carbonyl (C=O) groups excluding carboxylic acids is 1. The lowest BCUT2D eigenvalue weighted by atomic mass is 10.1. The molecule has 0 aliphatic carbocycles. The minimum Gasteiger partial charge on any atom is -0.338 e. The maximum absolute atomic E-state index is 13.4. The minimum atomic E-state index is -0.650. The maximum atomic E-state index is 13.4. The van der Waals surface area contributed by atoms with Crippen molar-refractivity contribution in [2.75, 3.05) is 0 Å². The van der Waals surface area contributed by atoms with E-state index in [-0.39, 0.29) is 11.7 Å². The number of carbonyl (C=O) groups is 1. The highest BCUT2D eigenvalue weighted by Crippen LogP contribution is 2.23. The largest absolute Gasteiger partial charge is 0.338 e. The number of rotatable bonds is 5. The Morgan fingerprint density at radius 2 is 1.97 bits per heavy atom. The van der Waals surface area contributed by atoms with E-state index >= 15 is 0 Å². The summed E-state index contributed by atoms with van der Waals surface area (Å²) in [5.74, 6) is -0.432. The second-order valence-electron chi connectivity index (χ2n) is 6.17. The predicted molar refractivity (Wildman–Crippen MR) is 105 cm³/mol. The molecule has 0 saturated carbocycles. The van der Waals surface area contributed by atoms with Crippen LogP contribution in [0.4, 0.5) is 4.39 Å². The van der Waals surface area contributed by atoms with E-state index in [1.807, 2.05) is 0 Å². The Morgan fingerprint density at radius 1 is 1.10 bits per heavy atom. The Bertz CT molecular complexity index is 1130. The van der Waals surface area contributed by atoms with Crippen molar-refractivity contribution in [2.24, 2.45) is 0 Å². The SMILES string of the molecule is O=C(NC(c1cccc(Cl)c1)c1nn[nH]n1)c1ccc(-c2cccc(F)c2)nc1. The molecule has 7 nitrogen and oxygen atoms in total. The summed E-state index contributed by atoms with van der Waals surface area (Å²) in [7, 11) is 0. The van der Waals surface area contributed by atoms with E-state index < -0.39 is 6.04 Å². The molecule has 9 heteroatoms. The van der Waals surface area contributed by atoms with E-state index in [1.54, 1.807) is 48.5 Å². The third-order valence-electron chi connectivity index (χ3n) is 4.22. The number of nitrogens with zero attached hydrogens (tertiary/aromatic N) is 4. The Morgan fingerprint density at radius 3 is 2.66 bits per heavy atom. The predicted octanol–water partition coefficient (Wildman–Crippen LogP) is 3.57. The van der Waals surface area contributed by atoms with Crippen molar-refractivity contribution in [2.45, 2.75) is 6.04 Å². The summed E-state index contributed by atoms with van der Waals surface area (Å²) < 4.78 is 13.4. The molecule has 2 N–H and O–H groups in total. The zero-order valence-corrected chi connectivity index (χ0v) is 15.6. The van der Waals surface area contributed by atoms with Crippen molar-refractivity contribution in [3.05, 3.63) is 94.7 Å². The minimum absolute atomic E-state index is 0.296. The molecule has 0 fully saturated rings. The third-order valence-corrected chi connectivity index (χ3v) is 4.46. The van der Waals surface area contributed by atoms with Crippen LogP contribution in [0.2, 0.25) is 5.02 Å². The van der Waals surface area contributed by atoms with Crippen LogP contribution in [0.3, 0.4) is 0 Å². The molecule has 0 saturated heterocycles. The van der Waals surface area contributed by atoms with Crippen LogP contribution in [0, 0.1) is 5.82 Å². The molecular formula is C20H14ClFN6O. The number of halogens is 2. The second-order valence-corrected chi connectivity index (χ2v) is 6.61. The summed E-state index contributed by atoms with van der Waals surface area (Å²) in [5.41, 5.74) is 2.23. The van der Waals surface area contributed by atoms with E-state index in [4.69, 9.17) is 11.6 Å². The molecule has 1 atom stereocenters. The lowest BCUT2D eigenvalue weighted by Crippen LogP contribution is -2.30. The van der Waals surface area contributed by atoms with Gasteiger partial charge in [0.2, 0.25) is 5.82 Å². The summed E-state index contributed by atoms with van der Waals surface area (Å²) in [6.45, 7) is 0. The van der Waals surface area contributed by atoms with Crippen molar-refractivity contribution in [3.63, 3.8) is 0 Å². The highest BCUT2D eigenvalue weighted by molar-refractivity contribution is 6.30. The Kier molecular flexibility index (Phi) is 5.26. The number of pyridine rings is 1. The van der Waals surface area contributed by atoms with Crippen LogP contribution in [-0.4, -0.2) is 31.5 Å². The van der Waals surface area contributed by atoms with Crippen molar-refractivity contribution >= 4 is 17.5 Å². The first-order valence-electron chi connectivity index (χ1n) is 8.62. The number of amides is 1. The highest BCUT2D eigenvalue weighted by atomic mass is 35.5. The lowest BCUT2D eigenvalue weighted by molar-refractivity contribution is 0.0941. The molecule has 1 unspecified atom stereocenters. The van der Waals surface area contributed by atoms with Gasteiger partial charge in [0.15, 0.2) is 0 Å². The monoisotopic (exact) mass is 408 g/mol. The zero-order valence-electron chi connectivity index (χ0n) is 14.9. The van der Waals surface area contributed by atoms with Gasteiger partial charge in [0.1, 0.15) is 11.9 Å². The summed E-state index contributed by atoms with van der Waals surface area (Å²) in [4.78, 5) is 17.0. The topological polar surface area (TPSA) is 96.5 Å². The van der Waals surface area contributed by atoms with Gasteiger partial charge in [0.05, 0.1) is 11.3 Å². The van der Waals surface area contributed by atoms with Gasteiger partial charge in [-0.15, -0.1) is 10.2 Å². The van der Waals surface area contributed by atoms with Crippen LogP contribution >= 0.6 is 11.6 Å². The Hall–Kier alpha value is -3.65. The number of benzene rings is 2. The molecule has 2 heterocycles. The van der Waals surface area contributed by atoms with E-state index in [9.17, 15) is 9.18 Å². The molecule has 2 aromatic heterocycles. The van der Waals surface area contributed by atoms with Crippen molar-refractivity contribution in [1.29, 1.82) is 0 Å². The third kappa shape index (κ3) is 4.27. The van der Waals surface area contributed by atoms with Crippen LogP contribution in [0.25, 0.3) is 11.3 Å². The lowest BCUT2D eigenvalue weighted by Gasteiger charge is -2.16. The average molecular weight is 409 g/mol. The Labute approximate surface area is 170 Å². The van der Waals surface area contributed by atoms with Gasteiger partial charge in [-0.2, -0.15) is 5.21 Å². The molecule has 2 aromatic carbocycles. The van der Waals surface area contributed by atoms with Gasteiger partial charge in [-0.1, -0.05) is 41.1 Å². The number of tetrazole rings is 1. The van der Waals surface area contributed by atoms with Crippen LogP contribution in [0.1, 0.15) is 27.8 Å². The fourth-order valence-electron chi connectivity index (χ4n) is 2.84. The van der Waals surface area contributed by atoms with Crippen LogP contribution in [0.5, 0.6) is 0 Å². The quantitative estimate of drug-likeness (QED) is 0.526. The molecule has 0 aliphatic heterocycles. The van der Waals surface area contributed by atoms with Crippen LogP contribution in [-0.2, 0) is 0 Å². The summed E-state index contributed by atoms with van der Waals surface area (Å²) in [5, 5.41) is 17.3. The molecule has 29 heavy (non-hydrogen) atoms. The molecule has 144 valence electrons. The van der Waals surface area contributed by atoms with Gasteiger partial charge in [-0.3, -0.25) is 9.78 Å². The number of nitrogens with one attached hydrogen (secondary N) is 2. The van der Waals surface area contributed by atoms with Gasteiger partial charge in [0, 0.05) is 16.8 Å². The number of hydrogen-bond donors (Lipinski definition) is 2. The fraction of sp³-hybridized carbons (Fsp3) is 0.0500. The first-order chi connectivity index (χ1) is 14.1. The molecule has 0 spiro atoms. The maximum Gasteiger partial charge on any atom is 0.253 e. The fourth-order valence-corrected chi connectivity index (χ4v) is 3.03. The second kappa shape index (κ2) is 8.15. The first-order valence-corrected chi connectivity index (χ1v) is 8.99. The molecule has 4 aromatic rings.